The number of oxazole rings is 1. The van der Waals surface area contributed by atoms with Crippen molar-refractivity contribution in [1.82, 2.24) is 4.98 Å². The van der Waals surface area contributed by atoms with E-state index in [2.05, 4.69) is 20.9 Å². The van der Waals surface area contributed by atoms with Crippen LogP contribution in [-0.4, -0.2) is 17.2 Å². The lowest BCUT2D eigenvalue weighted by molar-refractivity contribution is 0.373. The van der Waals surface area contributed by atoms with Gasteiger partial charge in [0, 0.05) is 5.56 Å². The van der Waals surface area contributed by atoms with E-state index in [1.165, 1.54) is 19.2 Å². The van der Waals surface area contributed by atoms with E-state index in [1.54, 1.807) is 42.6 Å². The van der Waals surface area contributed by atoms with Crippen molar-refractivity contribution >= 4 is 26.5 Å². The molecule has 0 bridgehead atoms. The molecule has 0 saturated carbocycles. The first-order chi connectivity index (χ1) is 11.6. The predicted molar refractivity (Wildman–Crippen MR) is 93.4 cm³/mol. The van der Waals surface area contributed by atoms with Crippen LogP contribution < -0.4 is 4.74 Å². The van der Waals surface area contributed by atoms with Crippen LogP contribution in [0.15, 0.2) is 53.1 Å². The topological polar surface area (TPSA) is 55.5 Å². The second-order valence-electron chi connectivity index (χ2n) is 4.96. The number of ether oxygens (including phenoxy) is 1. The van der Waals surface area contributed by atoms with Gasteiger partial charge in [0.1, 0.15) is 5.82 Å². The molecule has 0 amide bonds. The van der Waals surface area contributed by atoms with Crippen molar-refractivity contribution in [3.63, 3.8) is 0 Å². The number of aromatic hydroxyl groups is 1. The molecule has 0 aliphatic rings. The normalized spacial score (nSPS) is 11.5. The Morgan fingerprint density at radius 1 is 1.25 bits per heavy atom. The Morgan fingerprint density at radius 2 is 2.00 bits per heavy atom. The van der Waals surface area contributed by atoms with Gasteiger partial charge < -0.3 is 14.3 Å². The highest BCUT2D eigenvalue weighted by atomic mass is 79.9. The summed E-state index contributed by atoms with van der Waals surface area (Å²) in [4.78, 5) is 4.20. The van der Waals surface area contributed by atoms with Gasteiger partial charge in [-0.15, -0.1) is 0 Å². The molecule has 1 heterocycles. The maximum atomic E-state index is 13.0. The highest BCUT2D eigenvalue weighted by Crippen LogP contribution is 2.31. The summed E-state index contributed by atoms with van der Waals surface area (Å²) in [5, 5.41) is 9.81. The lowest BCUT2D eigenvalue weighted by Crippen LogP contribution is -1.84. The standard InChI is InChI=1S/C18H13BrFNO3/c1-23-16-7-2-11(9-15(16)22)8-14(19)18-21-10-17(24-18)12-3-5-13(20)6-4-12/h2-10,22H,1H3/b14-8-. The summed E-state index contributed by atoms with van der Waals surface area (Å²) in [7, 11) is 1.49. The zero-order valence-corrected chi connectivity index (χ0v) is 14.2. The van der Waals surface area contributed by atoms with Crippen LogP contribution in [0.1, 0.15) is 11.5 Å². The molecule has 4 nitrogen and oxygen atoms in total. The number of hydrogen-bond acceptors (Lipinski definition) is 4. The van der Waals surface area contributed by atoms with Crippen molar-refractivity contribution in [2.75, 3.05) is 7.11 Å². The van der Waals surface area contributed by atoms with Crippen molar-refractivity contribution < 1.29 is 18.7 Å². The third kappa shape index (κ3) is 3.49. The predicted octanol–water partition coefficient (Wildman–Crippen LogP) is 5.09. The third-order valence-corrected chi connectivity index (χ3v) is 3.90. The smallest absolute Gasteiger partial charge is 0.233 e. The second kappa shape index (κ2) is 6.88. The third-order valence-electron chi connectivity index (χ3n) is 3.34. The number of phenolic OH excluding ortho intramolecular Hbond substituents is 1. The molecule has 0 aliphatic carbocycles. The first-order valence-electron chi connectivity index (χ1n) is 7.03. The monoisotopic (exact) mass is 389 g/mol. The second-order valence-corrected chi connectivity index (χ2v) is 5.81. The van der Waals surface area contributed by atoms with Crippen LogP contribution in [0.5, 0.6) is 11.5 Å². The average molecular weight is 390 g/mol. The zero-order valence-electron chi connectivity index (χ0n) is 12.7. The Balaban J connectivity index is 1.86. The summed E-state index contributed by atoms with van der Waals surface area (Å²) in [6, 6.07) is 11.0. The van der Waals surface area contributed by atoms with E-state index in [4.69, 9.17) is 9.15 Å². The van der Waals surface area contributed by atoms with Gasteiger partial charge in [-0.2, -0.15) is 0 Å². The number of methoxy groups -OCH3 is 1. The SMILES string of the molecule is COc1ccc(/C=C(\Br)c2ncc(-c3ccc(F)cc3)o2)cc1O. The summed E-state index contributed by atoms with van der Waals surface area (Å²) in [6.07, 6.45) is 3.34. The molecule has 1 aromatic heterocycles. The van der Waals surface area contributed by atoms with Gasteiger partial charge >= 0.3 is 0 Å². The molecule has 0 fully saturated rings. The van der Waals surface area contributed by atoms with E-state index in [-0.39, 0.29) is 11.6 Å². The summed E-state index contributed by atoms with van der Waals surface area (Å²) in [5.74, 6) is 1.06. The quantitative estimate of drug-likeness (QED) is 0.675. The maximum Gasteiger partial charge on any atom is 0.233 e. The van der Waals surface area contributed by atoms with Crippen molar-refractivity contribution in [1.29, 1.82) is 0 Å². The molecule has 0 spiro atoms. The highest BCUT2D eigenvalue weighted by Gasteiger charge is 2.10. The molecule has 0 aliphatic heterocycles. The Kier molecular flexibility index (Phi) is 4.66. The summed E-state index contributed by atoms with van der Waals surface area (Å²) < 4.78 is 24.3. The Morgan fingerprint density at radius 3 is 2.67 bits per heavy atom. The van der Waals surface area contributed by atoms with Crippen molar-refractivity contribution in [3.05, 3.63) is 65.9 Å². The van der Waals surface area contributed by atoms with Gasteiger partial charge in [-0.05, 0) is 64.0 Å². The molecule has 0 radical (unpaired) electrons. The first kappa shape index (κ1) is 16.3. The van der Waals surface area contributed by atoms with Gasteiger partial charge in [-0.25, -0.2) is 9.37 Å². The number of benzene rings is 2. The largest absolute Gasteiger partial charge is 0.504 e. The van der Waals surface area contributed by atoms with E-state index in [9.17, 15) is 9.50 Å². The molecule has 1 N–H and O–H groups in total. The van der Waals surface area contributed by atoms with Gasteiger partial charge in [0.25, 0.3) is 0 Å². The van der Waals surface area contributed by atoms with Gasteiger partial charge in [-0.3, -0.25) is 0 Å². The number of nitrogens with zero attached hydrogens (tertiary/aromatic N) is 1. The van der Waals surface area contributed by atoms with Crippen molar-refractivity contribution in [2.24, 2.45) is 0 Å². The summed E-state index contributed by atoms with van der Waals surface area (Å²) >= 11 is 3.41. The fourth-order valence-corrected chi connectivity index (χ4v) is 2.58. The van der Waals surface area contributed by atoms with Crippen molar-refractivity contribution in [3.8, 4) is 22.8 Å². The Bertz CT molecular complexity index is 888. The van der Waals surface area contributed by atoms with E-state index in [0.717, 1.165) is 11.1 Å². The number of aromatic nitrogens is 1. The Labute approximate surface area is 146 Å². The number of halogens is 2. The average Bonchev–Trinajstić information content (AvgIpc) is 3.06. The molecular weight excluding hydrogens is 377 g/mol. The van der Waals surface area contributed by atoms with Crippen LogP contribution in [0.25, 0.3) is 21.9 Å². The molecule has 0 saturated heterocycles. The van der Waals surface area contributed by atoms with E-state index >= 15 is 0 Å². The fourth-order valence-electron chi connectivity index (χ4n) is 2.14. The summed E-state index contributed by atoms with van der Waals surface area (Å²) in [6.45, 7) is 0. The number of hydrogen-bond donors (Lipinski definition) is 1. The molecule has 3 aromatic rings. The minimum atomic E-state index is -0.307. The van der Waals surface area contributed by atoms with Gasteiger partial charge in [0.05, 0.1) is 17.8 Å². The number of phenols is 1. The number of rotatable bonds is 4. The Hall–Kier alpha value is -2.60. The van der Waals surface area contributed by atoms with E-state index < -0.39 is 0 Å². The lowest BCUT2D eigenvalue weighted by atomic mass is 10.2. The minimum absolute atomic E-state index is 0.0472. The van der Waals surface area contributed by atoms with Crippen LogP contribution in [-0.2, 0) is 0 Å². The van der Waals surface area contributed by atoms with Crippen LogP contribution in [0.3, 0.4) is 0 Å². The molecule has 24 heavy (non-hydrogen) atoms. The van der Waals surface area contributed by atoms with Crippen LogP contribution in [0.2, 0.25) is 0 Å². The van der Waals surface area contributed by atoms with Crippen LogP contribution in [0.4, 0.5) is 4.39 Å². The molecule has 6 heteroatoms. The first-order valence-corrected chi connectivity index (χ1v) is 7.82. The molecule has 3 rings (SSSR count). The lowest BCUT2D eigenvalue weighted by Gasteiger charge is -2.03. The molecule has 122 valence electrons. The van der Waals surface area contributed by atoms with Gasteiger partial charge in [-0.1, -0.05) is 6.07 Å². The molecule has 0 unspecified atom stereocenters. The van der Waals surface area contributed by atoms with Crippen molar-refractivity contribution in [2.45, 2.75) is 0 Å². The van der Waals surface area contributed by atoms with Gasteiger partial charge in [0.15, 0.2) is 17.3 Å². The maximum absolute atomic E-state index is 13.0. The zero-order chi connectivity index (χ0) is 17.1. The molecule has 2 aromatic carbocycles. The van der Waals surface area contributed by atoms with Crippen LogP contribution >= 0.6 is 15.9 Å². The van der Waals surface area contributed by atoms with E-state index in [1.807, 2.05) is 0 Å². The molecule has 0 atom stereocenters. The van der Waals surface area contributed by atoms with Gasteiger partial charge in [0.2, 0.25) is 5.89 Å². The van der Waals surface area contributed by atoms with Crippen LogP contribution in [0, 0.1) is 5.82 Å². The molecular formula is C18H13BrFNO3. The fraction of sp³-hybridized carbons (Fsp3) is 0.0556. The van der Waals surface area contributed by atoms with E-state index in [0.29, 0.717) is 21.9 Å². The highest BCUT2D eigenvalue weighted by molar-refractivity contribution is 9.15. The summed E-state index contributed by atoms with van der Waals surface area (Å²) in [5.41, 5.74) is 1.49. The minimum Gasteiger partial charge on any atom is -0.504 e.